The molecule has 104 valence electrons. The van der Waals surface area contributed by atoms with Crippen LogP contribution in [0, 0.1) is 6.92 Å². The summed E-state index contributed by atoms with van der Waals surface area (Å²) in [6.45, 7) is 5.18. The third-order valence-corrected chi connectivity index (χ3v) is 5.01. The van der Waals surface area contributed by atoms with Crippen molar-refractivity contribution in [3.05, 3.63) is 52.0 Å². The van der Waals surface area contributed by atoms with Crippen LogP contribution in [0.4, 0.5) is 0 Å². The van der Waals surface area contributed by atoms with Gasteiger partial charge in [-0.15, -0.1) is 11.3 Å². The van der Waals surface area contributed by atoms with Gasteiger partial charge in [-0.1, -0.05) is 6.07 Å². The SMILES string of the molecule is CCN1C(=S)NC(c2ccccn2)C1c1ccc(C)s1. The molecule has 2 atom stereocenters. The van der Waals surface area contributed by atoms with Gasteiger partial charge in [0.05, 0.1) is 17.8 Å². The van der Waals surface area contributed by atoms with Gasteiger partial charge in [0.25, 0.3) is 0 Å². The van der Waals surface area contributed by atoms with Gasteiger partial charge in [0.15, 0.2) is 5.11 Å². The minimum atomic E-state index is 0.127. The van der Waals surface area contributed by atoms with Crippen molar-refractivity contribution >= 4 is 28.7 Å². The topological polar surface area (TPSA) is 28.2 Å². The van der Waals surface area contributed by atoms with Crippen LogP contribution in [0.5, 0.6) is 0 Å². The number of pyridine rings is 1. The first-order valence-electron chi connectivity index (χ1n) is 6.75. The van der Waals surface area contributed by atoms with Gasteiger partial charge in [0.1, 0.15) is 0 Å². The summed E-state index contributed by atoms with van der Waals surface area (Å²) in [6, 6.07) is 10.8. The van der Waals surface area contributed by atoms with Crippen LogP contribution < -0.4 is 5.32 Å². The molecule has 0 bridgehead atoms. The Balaban J connectivity index is 2.02. The zero-order valence-corrected chi connectivity index (χ0v) is 13.2. The number of thiophene rings is 1. The van der Waals surface area contributed by atoms with E-state index in [0.29, 0.717) is 0 Å². The standard InChI is InChI=1S/C15H17N3S2/c1-3-18-14(12-8-7-10(2)20-12)13(17-15(18)19)11-6-4-5-9-16-11/h4-9,13-14H,3H2,1-2H3,(H,17,19). The Kier molecular flexibility index (Phi) is 3.72. The van der Waals surface area contributed by atoms with E-state index in [1.165, 1.54) is 9.75 Å². The molecule has 1 fully saturated rings. The predicted octanol–water partition coefficient (Wildman–Crippen LogP) is 3.44. The number of hydrogen-bond donors (Lipinski definition) is 1. The van der Waals surface area contributed by atoms with E-state index < -0.39 is 0 Å². The lowest BCUT2D eigenvalue weighted by Crippen LogP contribution is -2.28. The minimum Gasteiger partial charge on any atom is -0.352 e. The molecular weight excluding hydrogens is 286 g/mol. The number of rotatable bonds is 3. The second-order valence-electron chi connectivity index (χ2n) is 4.86. The van der Waals surface area contributed by atoms with Crippen molar-refractivity contribution < 1.29 is 0 Å². The maximum atomic E-state index is 5.49. The van der Waals surface area contributed by atoms with Crippen LogP contribution in [0.3, 0.4) is 0 Å². The highest BCUT2D eigenvalue weighted by Gasteiger charge is 2.39. The summed E-state index contributed by atoms with van der Waals surface area (Å²) in [7, 11) is 0. The van der Waals surface area contributed by atoms with Gasteiger partial charge in [-0.25, -0.2) is 0 Å². The Morgan fingerprint density at radius 1 is 1.35 bits per heavy atom. The zero-order chi connectivity index (χ0) is 14.1. The highest BCUT2D eigenvalue weighted by molar-refractivity contribution is 7.80. The van der Waals surface area contributed by atoms with Crippen LogP contribution in [-0.4, -0.2) is 21.5 Å². The Bertz CT molecular complexity index is 609. The molecule has 20 heavy (non-hydrogen) atoms. The van der Waals surface area contributed by atoms with Crippen LogP contribution in [0.1, 0.15) is 34.5 Å². The first kappa shape index (κ1) is 13.5. The summed E-state index contributed by atoms with van der Waals surface area (Å²) < 4.78 is 0. The predicted molar refractivity (Wildman–Crippen MR) is 86.9 cm³/mol. The Morgan fingerprint density at radius 2 is 2.20 bits per heavy atom. The van der Waals surface area contributed by atoms with E-state index >= 15 is 0 Å². The molecule has 3 heterocycles. The van der Waals surface area contributed by atoms with Crippen LogP contribution in [-0.2, 0) is 0 Å². The Hall–Kier alpha value is -1.46. The van der Waals surface area contributed by atoms with Crippen molar-refractivity contribution in [2.24, 2.45) is 0 Å². The van der Waals surface area contributed by atoms with E-state index in [1.807, 2.05) is 29.7 Å². The average Bonchev–Trinajstić information content (AvgIpc) is 3.03. The number of hydrogen-bond acceptors (Lipinski definition) is 3. The molecule has 0 amide bonds. The highest BCUT2D eigenvalue weighted by Crippen LogP contribution is 2.40. The molecule has 3 nitrogen and oxygen atoms in total. The van der Waals surface area contributed by atoms with Crippen LogP contribution >= 0.6 is 23.6 Å². The number of nitrogens with one attached hydrogen (secondary N) is 1. The lowest BCUT2D eigenvalue weighted by Gasteiger charge is -2.25. The Morgan fingerprint density at radius 3 is 2.80 bits per heavy atom. The van der Waals surface area contributed by atoms with Crippen LogP contribution in [0.25, 0.3) is 0 Å². The normalized spacial score (nSPS) is 22.1. The van der Waals surface area contributed by atoms with Crippen LogP contribution in [0.2, 0.25) is 0 Å². The fraction of sp³-hybridized carbons (Fsp3) is 0.333. The molecule has 0 spiro atoms. The molecule has 2 unspecified atom stereocenters. The van der Waals surface area contributed by atoms with E-state index in [2.05, 4.69) is 47.2 Å². The van der Waals surface area contributed by atoms with Crippen molar-refractivity contribution in [1.29, 1.82) is 0 Å². The van der Waals surface area contributed by atoms with E-state index in [-0.39, 0.29) is 12.1 Å². The molecule has 1 N–H and O–H groups in total. The van der Waals surface area contributed by atoms with Gasteiger partial charge in [-0.2, -0.15) is 0 Å². The maximum Gasteiger partial charge on any atom is 0.170 e. The van der Waals surface area contributed by atoms with Crippen molar-refractivity contribution in [2.45, 2.75) is 25.9 Å². The summed E-state index contributed by atoms with van der Waals surface area (Å²) in [6.07, 6.45) is 1.84. The minimum absolute atomic E-state index is 0.127. The second kappa shape index (κ2) is 5.50. The van der Waals surface area contributed by atoms with Gasteiger partial charge in [0.2, 0.25) is 0 Å². The molecule has 1 saturated heterocycles. The average molecular weight is 303 g/mol. The lowest BCUT2D eigenvalue weighted by atomic mass is 10.0. The first-order chi connectivity index (χ1) is 9.70. The molecule has 0 saturated carbocycles. The number of likely N-dealkylation sites (N-methyl/N-ethyl adjacent to an activating group) is 1. The van der Waals surface area contributed by atoms with Gasteiger partial charge in [-0.05, 0) is 50.3 Å². The van der Waals surface area contributed by atoms with Crippen molar-refractivity contribution in [3.63, 3.8) is 0 Å². The summed E-state index contributed by atoms with van der Waals surface area (Å²) in [4.78, 5) is 9.42. The van der Waals surface area contributed by atoms with Gasteiger partial charge < -0.3 is 10.2 Å². The third-order valence-electron chi connectivity index (χ3n) is 3.59. The van der Waals surface area contributed by atoms with Crippen molar-refractivity contribution in [2.75, 3.05) is 6.54 Å². The summed E-state index contributed by atoms with van der Waals surface area (Å²) in [5.74, 6) is 0. The van der Waals surface area contributed by atoms with E-state index in [1.54, 1.807) is 0 Å². The second-order valence-corrected chi connectivity index (χ2v) is 6.57. The third kappa shape index (κ3) is 2.31. The fourth-order valence-corrected chi connectivity index (χ4v) is 4.06. The molecule has 3 rings (SSSR count). The quantitative estimate of drug-likeness (QED) is 0.879. The molecule has 5 heteroatoms. The lowest BCUT2D eigenvalue weighted by molar-refractivity contribution is 0.335. The molecule has 1 aliphatic rings. The molecule has 2 aromatic rings. The van der Waals surface area contributed by atoms with Gasteiger partial charge >= 0.3 is 0 Å². The van der Waals surface area contributed by atoms with E-state index in [0.717, 1.165) is 17.4 Å². The first-order valence-corrected chi connectivity index (χ1v) is 7.97. The molecule has 0 radical (unpaired) electrons. The summed E-state index contributed by atoms with van der Waals surface area (Å²) in [5.41, 5.74) is 1.04. The maximum absolute atomic E-state index is 5.49. The number of aromatic nitrogens is 1. The highest BCUT2D eigenvalue weighted by atomic mass is 32.1. The number of nitrogens with zero attached hydrogens (tertiary/aromatic N) is 2. The summed E-state index contributed by atoms with van der Waals surface area (Å²) >= 11 is 7.33. The summed E-state index contributed by atoms with van der Waals surface area (Å²) in [5, 5.41) is 4.25. The molecule has 0 aromatic carbocycles. The molecule has 0 aliphatic carbocycles. The van der Waals surface area contributed by atoms with Gasteiger partial charge in [0, 0.05) is 22.5 Å². The fourth-order valence-electron chi connectivity index (χ4n) is 2.67. The van der Waals surface area contributed by atoms with Crippen molar-refractivity contribution in [1.82, 2.24) is 15.2 Å². The van der Waals surface area contributed by atoms with E-state index in [4.69, 9.17) is 12.2 Å². The van der Waals surface area contributed by atoms with E-state index in [9.17, 15) is 0 Å². The molecule has 2 aromatic heterocycles. The molecular formula is C15H17N3S2. The smallest absolute Gasteiger partial charge is 0.170 e. The molecule has 1 aliphatic heterocycles. The number of aryl methyl sites for hydroxylation is 1. The van der Waals surface area contributed by atoms with Crippen molar-refractivity contribution in [3.8, 4) is 0 Å². The largest absolute Gasteiger partial charge is 0.352 e. The van der Waals surface area contributed by atoms with Crippen LogP contribution in [0.15, 0.2) is 36.5 Å². The zero-order valence-electron chi connectivity index (χ0n) is 11.5. The monoisotopic (exact) mass is 303 g/mol. The number of thiocarbonyl (C=S) groups is 1. The Labute approximate surface area is 128 Å². The van der Waals surface area contributed by atoms with Gasteiger partial charge in [-0.3, -0.25) is 4.98 Å².